The molecule has 0 radical (unpaired) electrons. The second-order valence-electron chi connectivity index (χ2n) is 3.61. The monoisotopic (exact) mass is 303 g/mol. The van der Waals surface area contributed by atoms with E-state index in [4.69, 9.17) is 4.74 Å². The molecule has 1 N–H and O–H groups in total. The van der Waals surface area contributed by atoms with Crippen LogP contribution in [0.5, 0.6) is 0 Å². The van der Waals surface area contributed by atoms with Crippen molar-refractivity contribution in [1.29, 1.82) is 0 Å². The molecule has 1 aliphatic heterocycles. The minimum Gasteiger partial charge on any atom is -0.383 e. The lowest BCUT2D eigenvalue weighted by Crippen LogP contribution is -2.35. The third-order valence-corrected chi connectivity index (χ3v) is 2.77. The summed E-state index contributed by atoms with van der Waals surface area (Å²) in [4.78, 5) is 12.4. The number of halogens is 1. The van der Waals surface area contributed by atoms with Crippen LogP contribution >= 0.6 is 15.9 Å². The summed E-state index contributed by atoms with van der Waals surface area (Å²) in [6, 6.07) is 0. The summed E-state index contributed by atoms with van der Waals surface area (Å²) in [5.41, 5.74) is 0.481. The summed E-state index contributed by atoms with van der Waals surface area (Å²) in [5.74, 6) is 0. The molecule has 6 nitrogen and oxygen atoms in total. The molecule has 7 heteroatoms. The largest absolute Gasteiger partial charge is 0.383 e. The van der Waals surface area contributed by atoms with Crippen LogP contribution in [0.2, 0.25) is 0 Å². The van der Waals surface area contributed by atoms with E-state index in [0.717, 1.165) is 0 Å². The molecule has 1 aliphatic rings. The Labute approximate surface area is 108 Å². The van der Waals surface area contributed by atoms with Crippen LogP contribution in [0.3, 0.4) is 0 Å². The van der Waals surface area contributed by atoms with Crippen molar-refractivity contribution in [3.8, 4) is 0 Å². The van der Waals surface area contributed by atoms with Crippen LogP contribution in [-0.2, 0) is 4.74 Å². The van der Waals surface area contributed by atoms with Gasteiger partial charge in [-0.2, -0.15) is 0 Å². The summed E-state index contributed by atoms with van der Waals surface area (Å²) in [6.45, 7) is 0. The molecule has 0 aromatic heterocycles. The predicted molar refractivity (Wildman–Crippen MR) is 67.8 cm³/mol. The van der Waals surface area contributed by atoms with Crippen LogP contribution in [0.1, 0.15) is 0 Å². The zero-order valence-corrected chi connectivity index (χ0v) is 11.4. The van der Waals surface area contributed by atoms with Crippen molar-refractivity contribution < 1.29 is 9.66 Å². The second kappa shape index (κ2) is 5.83. The first kappa shape index (κ1) is 13.7. The second-order valence-corrected chi connectivity index (χ2v) is 4.46. The number of nitrogens with one attached hydrogen (secondary N) is 1. The molecule has 1 heterocycles. The molecule has 17 heavy (non-hydrogen) atoms. The van der Waals surface area contributed by atoms with Crippen molar-refractivity contribution in [1.82, 2.24) is 10.2 Å². The average molecular weight is 304 g/mol. The number of allylic oxidation sites excluding steroid dienone is 3. The number of dihydropyridines is 1. The first-order chi connectivity index (χ1) is 7.97. The van der Waals surface area contributed by atoms with E-state index in [1.165, 1.54) is 7.11 Å². The maximum Gasteiger partial charge on any atom is 0.303 e. The molecule has 0 spiro atoms. The lowest BCUT2D eigenvalue weighted by Gasteiger charge is -2.20. The van der Waals surface area contributed by atoms with Gasteiger partial charge in [0.1, 0.15) is 0 Å². The van der Waals surface area contributed by atoms with Crippen molar-refractivity contribution >= 4 is 15.9 Å². The summed E-state index contributed by atoms with van der Waals surface area (Å²) >= 11 is 3.28. The molecule has 0 aromatic carbocycles. The Kier molecular flexibility index (Phi) is 4.71. The molecular formula is C10H14BrN3O3. The number of rotatable bonds is 4. The SMILES string of the molecule is COC1NC=C(Br)C(/C=C/N(C)C)=C1[N+](=O)[O-]. The normalized spacial score (nSPS) is 20.2. The van der Waals surface area contributed by atoms with Crippen molar-refractivity contribution in [2.45, 2.75) is 6.23 Å². The molecule has 1 rings (SSSR count). The number of methoxy groups -OCH3 is 1. The number of ether oxygens (including phenoxy) is 1. The summed E-state index contributed by atoms with van der Waals surface area (Å²) in [5, 5.41) is 13.8. The van der Waals surface area contributed by atoms with Gasteiger partial charge < -0.3 is 15.0 Å². The molecular weight excluding hydrogens is 290 g/mol. The van der Waals surface area contributed by atoms with Gasteiger partial charge in [-0.15, -0.1) is 0 Å². The number of nitro groups is 1. The number of hydrogen-bond acceptors (Lipinski definition) is 5. The van der Waals surface area contributed by atoms with Gasteiger partial charge in [-0.05, 0) is 28.2 Å². The number of nitrogens with zero attached hydrogens (tertiary/aromatic N) is 2. The third-order valence-electron chi connectivity index (χ3n) is 2.11. The van der Waals surface area contributed by atoms with Gasteiger partial charge in [0.25, 0.3) is 0 Å². The Hall–Kier alpha value is -1.34. The highest BCUT2D eigenvalue weighted by atomic mass is 79.9. The van der Waals surface area contributed by atoms with E-state index < -0.39 is 11.2 Å². The maximum atomic E-state index is 11.1. The first-order valence-electron chi connectivity index (χ1n) is 4.85. The number of hydrogen-bond donors (Lipinski definition) is 1. The van der Waals surface area contributed by atoms with Crippen molar-refractivity contribution in [3.63, 3.8) is 0 Å². The molecule has 1 atom stereocenters. The van der Waals surface area contributed by atoms with Crippen LogP contribution in [0, 0.1) is 10.1 Å². The van der Waals surface area contributed by atoms with Gasteiger partial charge in [0.2, 0.25) is 6.23 Å². The zero-order chi connectivity index (χ0) is 13.0. The Morgan fingerprint density at radius 1 is 1.65 bits per heavy atom. The molecule has 0 aromatic rings. The predicted octanol–water partition coefficient (Wildman–Crippen LogP) is 1.40. The molecule has 0 saturated carbocycles. The molecule has 0 amide bonds. The van der Waals surface area contributed by atoms with E-state index in [0.29, 0.717) is 10.1 Å². The van der Waals surface area contributed by atoms with Crippen LogP contribution in [0.25, 0.3) is 0 Å². The van der Waals surface area contributed by atoms with E-state index in [1.807, 2.05) is 14.1 Å². The maximum absolute atomic E-state index is 11.1. The van der Waals surface area contributed by atoms with Gasteiger partial charge in [-0.25, -0.2) is 0 Å². The fourth-order valence-electron chi connectivity index (χ4n) is 1.33. The van der Waals surface area contributed by atoms with Gasteiger partial charge in [-0.3, -0.25) is 10.1 Å². The zero-order valence-electron chi connectivity index (χ0n) is 9.81. The smallest absolute Gasteiger partial charge is 0.303 e. The van der Waals surface area contributed by atoms with Crippen molar-refractivity contribution in [2.24, 2.45) is 0 Å². The molecule has 0 bridgehead atoms. The van der Waals surface area contributed by atoms with Gasteiger partial charge in [-0.1, -0.05) is 0 Å². The van der Waals surface area contributed by atoms with E-state index in [1.54, 1.807) is 23.4 Å². The van der Waals surface area contributed by atoms with Gasteiger partial charge >= 0.3 is 5.70 Å². The Morgan fingerprint density at radius 3 is 2.76 bits per heavy atom. The van der Waals surface area contributed by atoms with E-state index >= 15 is 0 Å². The Balaban J connectivity index is 3.20. The highest BCUT2D eigenvalue weighted by molar-refractivity contribution is 9.12. The average Bonchev–Trinajstić information content (AvgIpc) is 2.26. The van der Waals surface area contributed by atoms with Crippen molar-refractivity contribution in [2.75, 3.05) is 21.2 Å². The standard InChI is InChI=1S/C10H14BrN3O3/c1-13(2)5-4-7-8(11)6-12-10(17-3)9(7)14(15)16/h4-6,10,12H,1-3H3/b5-4+. The highest BCUT2D eigenvalue weighted by Crippen LogP contribution is 2.27. The fourth-order valence-corrected chi connectivity index (χ4v) is 1.80. The van der Waals surface area contributed by atoms with Crippen LogP contribution in [0.15, 0.2) is 34.2 Å². The quantitative estimate of drug-likeness (QED) is 0.628. The third kappa shape index (κ3) is 3.31. The Bertz CT molecular complexity index is 402. The van der Waals surface area contributed by atoms with Crippen molar-refractivity contribution in [3.05, 3.63) is 44.3 Å². The first-order valence-corrected chi connectivity index (χ1v) is 5.64. The van der Waals surface area contributed by atoms with Gasteiger partial charge in [0.05, 0.1) is 10.5 Å². The summed E-state index contributed by atoms with van der Waals surface area (Å²) in [7, 11) is 5.10. The van der Waals surface area contributed by atoms with Crippen LogP contribution in [0.4, 0.5) is 0 Å². The summed E-state index contributed by atoms with van der Waals surface area (Å²) in [6.07, 6.45) is 4.31. The van der Waals surface area contributed by atoms with Gasteiger partial charge in [0.15, 0.2) is 0 Å². The molecule has 0 aliphatic carbocycles. The highest BCUT2D eigenvalue weighted by Gasteiger charge is 2.31. The Morgan fingerprint density at radius 2 is 2.29 bits per heavy atom. The van der Waals surface area contributed by atoms with Crippen LogP contribution in [-0.4, -0.2) is 37.3 Å². The molecule has 0 saturated heterocycles. The molecule has 0 fully saturated rings. The molecule has 94 valence electrons. The van der Waals surface area contributed by atoms with E-state index in [-0.39, 0.29) is 5.70 Å². The summed E-state index contributed by atoms with van der Waals surface area (Å²) < 4.78 is 5.65. The lowest BCUT2D eigenvalue weighted by atomic mass is 10.1. The fraction of sp³-hybridized carbons (Fsp3) is 0.400. The van der Waals surface area contributed by atoms with E-state index in [2.05, 4.69) is 21.2 Å². The minimum atomic E-state index is -0.742. The van der Waals surface area contributed by atoms with Gasteiger partial charge in [0, 0.05) is 31.9 Å². The lowest BCUT2D eigenvalue weighted by molar-refractivity contribution is -0.438. The van der Waals surface area contributed by atoms with E-state index in [9.17, 15) is 10.1 Å². The minimum absolute atomic E-state index is 0.0139. The topological polar surface area (TPSA) is 67.6 Å². The molecule has 1 unspecified atom stereocenters. The van der Waals surface area contributed by atoms with Crippen LogP contribution < -0.4 is 5.32 Å².